The van der Waals surface area contributed by atoms with E-state index >= 15 is 0 Å². The van der Waals surface area contributed by atoms with Crippen molar-refractivity contribution < 1.29 is 22.8 Å². The predicted octanol–water partition coefficient (Wildman–Crippen LogP) is 7.70. The van der Waals surface area contributed by atoms with Gasteiger partial charge in [0.25, 0.3) is 20.1 Å². The van der Waals surface area contributed by atoms with Crippen LogP contribution < -0.4 is 20.6 Å². The average Bonchev–Trinajstić information content (AvgIpc) is 2.87. The average molecular weight is 649 g/mol. The summed E-state index contributed by atoms with van der Waals surface area (Å²) in [6.45, 7) is 24.1. The molecule has 2 aromatic carbocycles. The lowest BCUT2D eigenvalue weighted by molar-refractivity contribution is -0.124. The fourth-order valence-electron chi connectivity index (χ4n) is 3.62. The molecule has 236 valence electrons. The Labute approximate surface area is 262 Å². The number of nitrogens with zero attached hydrogens (tertiary/aromatic N) is 1. The molecule has 43 heavy (non-hydrogen) atoms. The number of hydrogen-bond acceptors (Lipinski definition) is 6. The molecule has 0 aromatic heterocycles. The van der Waals surface area contributed by atoms with Gasteiger partial charge in [0, 0.05) is 11.3 Å². The fraction of sp³-hybridized carbons (Fsp3) is 0.516. The number of nitriles is 1. The van der Waals surface area contributed by atoms with Crippen LogP contribution in [-0.2, 0) is 9.22 Å². The zero-order valence-corrected chi connectivity index (χ0v) is 30.1. The quantitative estimate of drug-likeness (QED) is 0.190. The van der Waals surface area contributed by atoms with E-state index in [1.165, 1.54) is 18.2 Å². The van der Waals surface area contributed by atoms with Gasteiger partial charge in [0.15, 0.2) is 14.1 Å². The van der Waals surface area contributed by atoms with Gasteiger partial charge >= 0.3 is 0 Å². The van der Waals surface area contributed by atoms with Crippen molar-refractivity contribution in [3.8, 4) is 11.8 Å². The summed E-state index contributed by atoms with van der Waals surface area (Å²) in [5.41, 5.74) is 6.52. The molecule has 0 heterocycles. The maximum atomic E-state index is 14.6. The Hall–Kier alpha value is -2.92. The maximum absolute atomic E-state index is 14.6. The molecule has 2 amide bonds. The molecule has 2 atom stereocenters. The Morgan fingerprint density at radius 1 is 0.977 bits per heavy atom. The highest BCUT2D eigenvalue weighted by Gasteiger charge is 2.41. The number of halogens is 2. The van der Waals surface area contributed by atoms with E-state index in [1.54, 1.807) is 26.0 Å². The fourth-order valence-corrected chi connectivity index (χ4v) is 6.26. The van der Waals surface area contributed by atoms with Crippen LogP contribution in [0.25, 0.3) is 0 Å². The summed E-state index contributed by atoms with van der Waals surface area (Å²) in [5, 5.41) is 12.5. The van der Waals surface area contributed by atoms with Crippen LogP contribution in [0.2, 0.25) is 41.3 Å². The number of amides is 2. The zero-order chi connectivity index (χ0) is 33.1. The van der Waals surface area contributed by atoms with Gasteiger partial charge in [-0.1, -0.05) is 53.1 Å². The lowest BCUT2D eigenvalue weighted by Crippen LogP contribution is -2.55. The highest BCUT2D eigenvalue weighted by Crippen LogP contribution is 2.39. The third kappa shape index (κ3) is 8.82. The number of carbonyl (C=O) groups is 2. The van der Waals surface area contributed by atoms with E-state index in [2.05, 4.69) is 50.0 Å². The lowest BCUT2D eigenvalue weighted by atomic mass is 10.1. The standard InChI is InChI=1S/C31H46ClFN4O4Si2/c1-19-24(16-14-22(18-34)26(19)32)35-27(20(2)40-42(9,10)30(3,4)5)29(39)37-36-28(38)21-13-15-23(33)25(17-21)41-43(11,12)31(6,7)8/h13-17,20,27,35H,1-12H3,(H,36,38)(H,37,39)/t20-,27-/m1/s1. The van der Waals surface area contributed by atoms with Crippen LogP contribution in [0.3, 0.4) is 0 Å². The molecule has 3 N–H and O–H groups in total. The lowest BCUT2D eigenvalue weighted by Gasteiger charge is -2.40. The second kappa shape index (κ2) is 13.4. The number of anilines is 1. The monoisotopic (exact) mass is 648 g/mol. The van der Waals surface area contributed by atoms with Gasteiger partial charge in [0.1, 0.15) is 17.9 Å². The van der Waals surface area contributed by atoms with Crippen molar-refractivity contribution in [2.24, 2.45) is 0 Å². The van der Waals surface area contributed by atoms with Crippen molar-refractivity contribution in [2.45, 2.75) is 104 Å². The van der Waals surface area contributed by atoms with Gasteiger partial charge in [-0.2, -0.15) is 5.26 Å². The normalized spacial score (nSPS) is 13.9. The minimum atomic E-state index is -2.37. The van der Waals surface area contributed by atoms with Crippen molar-refractivity contribution in [3.63, 3.8) is 0 Å². The highest BCUT2D eigenvalue weighted by atomic mass is 35.5. The van der Waals surface area contributed by atoms with Crippen LogP contribution in [0.5, 0.6) is 5.75 Å². The van der Waals surface area contributed by atoms with E-state index in [0.29, 0.717) is 16.8 Å². The first-order valence-electron chi connectivity index (χ1n) is 14.2. The van der Waals surface area contributed by atoms with E-state index in [1.807, 2.05) is 39.9 Å². The molecule has 0 aliphatic rings. The molecule has 0 spiro atoms. The van der Waals surface area contributed by atoms with E-state index in [0.717, 1.165) is 0 Å². The largest absolute Gasteiger partial charge is 0.542 e. The van der Waals surface area contributed by atoms with Crippen LogP contribution in [-0.4, -0.2) is 40.6 Å². The molecule has 0 fully saturated rings. The van der Waals surface area contributed by atoms with Crippen LogP contribution in [0.15, 0.2) is 30.3 Å². The second-order valence-corrected chi connectivity index (χ2v) is 23.7. The van der Waals surface area contributed by atoms with Crippen molar-refractivity contribution in [1.82, 2.24) is 10.9 Å². The minimum absolute atomic E-state index is 0.00493. The molecule has 0 saturated carbocycles. The van der Waals surface area contributed by atoms with Gasteiger partial charge in [-0.3, -0.25) is 20.4 Å². The van der Waals surface area contributed by atoms with Crippen molar-refractivity contribution >= 4 is 45.7 Å². The van der Waals surface area contributed by atoms with Crippen LogP contribution in [0, 0.1) is 24.1 Å². The van der Waals surface area contributed by atoms with Crippen molar-refractivity contribution in [2.75, 3.05) is 5.32 Å². The van der Waals surface area contributed by atoms with Crippen molar-refractivity contribution in [1.29, 1.82) is 5.26 Å². The third-order valence-electron chi connectivity index (χ3n) is 8.52. The molecule has 8 nitrogen and oxygen atoms in total. The third-order valence-corrected chi connectivity index (χ3v) is 17.9. The van der Waals surface area contributed by atoms with E-state index in [4.69, 9.17) is 20.5 Å². The summed E-state index contributed by atoms with van der Waals surface area (Å²) >= 11 is 6.39. The summed E-state index contributed by atoms with van der Waals surface area (Å²) in [6, 6.07) is 8.22. The highest BCUT2D eigenvalue weighted by molar-refractivity contribution is 6.75. The Kier molecular flexibility index (Phi) is 11.3. The number of carbonyl (C=O) groups excluding carboxylic acids is 2. The molecule has 0 saturated heterocycles. The second-order valence-electron chi connectivity index (χ2n) is 13.9. The smallest absolute Gasteiger partial charge is 0.269 e. The summed E-state index contributed by atoms with van der Waals surface area (Å²) in [5.74, 6) is -1.76. The molecule has 12 heteroatoms. The molecule has 0 aliphatic heterocycles. The number of hydrogen-bond donors (Lipinski definition) is 3. The molecular weight excluding hydrogens is 603 g/mol. The number of nitrogens with one attached hydrogen (secondary N) is 3. The topological polar surface area (TPSA) is 112 Å². The molecule has 0 bridgehead atoms. The van der Waals surface area contributed by atoms with Crippen LogP contribution in [0.1, 0.15) is 70.0 Å². The molecule has 0 radical (unpaired) electrons. The minimum Gasteiger partial charge on any atom is -0.542 e. The molecule has 2 aromatic rings. The number of hydrazine groups is 1. The van der Waals surface area contributed by atoms with Gasteiger partial charge in [0.05, 0.1) is 16.7 Å². The molecule has 0 unspecified atom stereocenters. The van der Waals surface area contributed by atoms with Gasteiger partial charge in [0.2, 0.25) is 0 Å². The first kappa shape index (κ1) is 36.3. The summed E-state index contributed by atoms with van der Waals surface area (Å²) in [4.78, 5) is 26.7. The van der Waals surface area contributed by atoms with E-state index < -0.39 is 46.4 Å². The maximum Gasteiger partial charge on any atom is 0.269 e. The Morgan fingerprint density at radius 3 is 2.09 bits per heavy atom. The Morgan fingerprint density at radius 2 is 1.56 bits per heavy atom. The first-order valence-corrected chi connectivity index (χ1v) is 20.4. The van der Waals surface area contributed by atoms with Gasteiger partial charge < -0.3 is 14.2 Å². The number of rotatable bonds is 9. The van der Waals surface area contributed by atoms with Crippen LogP contribution in [0.4, 0.5) is 10.1 Å². The first-order chi connectivity index (χ1) is 19.5. The van der Waals surface area contributed by atoms with Crippen LogP contribution >= 0.6 is 11.6 Å². The summed E-state index contributed by atoms with van der Waals surface area (Å²) in [6.07, 6.45) is -0.609. The zero-order valence-electron chi connectivity index (χ0n) is 27.4. The number of benzene rings is 2. The van der Waals surface area contributed by atoms with E-state index in [-0.39, 0.29) is 26.4 Å². The SMILES string of the molecule is Cc1c(N[C@@H](C(=O)NNC(=O)c2ccc(F)c(O[Si](C)(C)C(C)(C)C)c2)[C@@H](C)O[Si](C)(C)C(C)(C)C)ccc(C#N)c1Cl. The van der Waals surface area contributed by atoms with Gasteiger partial charge in [-0.15, -0.1) is 0 Å². The molecular formula is C31H46ClFN4O4Si2. The Balaban J connectivity index is 2.33. The van der Waals surface area contributed by atoms with Gasteiger partial charge in [-0.05, 0) is 86.0 Å². The molecule has 0 aliphatic carbocycles. The van der Waals surface area contributed by atoms with E-state index in [9.17, 15) is 19.2 Å². The van der Waals surface area contributed by atoms with Crippen molar-refractivity contribution in [3.05, 3.63) is 57.9 Å². The summed E-state index contributed by atoms with van der Waals surface area (Å²) < 4.78 is 27.3. The molecule has 2 rings (SSSR count). The predicted molar refractivity (Wildman–Crippen MR) is 176 cm³/mol. The summed E-state index contributed by atoms with van der Waals surface area (Å²) in [7, 11) is -4.67. The van der Waals surface area contributed by atoms with Gasteiger partial charge in [-0.25, -0.2) is 4.39 Å². The Bertz CT molecular complexity index is 1400.